The summed E-state index contributed by atoms with van der Waals surface area (Å²) in [7, 11) is 1.44. The molecule has 0 fully saturated rings. The van der Waals surface area contributed by atoms with Gasteiger partial charge in [-0.1, -0.05) is 13.8 Å². The summed E-state index contributed by atoms with van der Waals surface area (Å²) in [6.45, 7) is 5.12. The molecule has 1 amide bonds. The zero-order chi connectivity index (χ0) is 9.72. The molecule has 0 spiro atoms. The number of hydroxylamine groups is 2. The Morgan fingerprint density at radius 3 is 2.25 bits per heavy atom. The molecule has 0 aromatic rings. The quantitative estimate of drug-likeness (QED) is 0.584. The van der Waals surface area contributed by atoms with Crippen LogP contribution in [0, 0.1) is 5.92 Å². The molecule has 4 heteroatoms. The maximum atomic E-state index is 11.1. The van der Waals surface area contributed by atoms with E-state index in [1.54, 1.807) is 0 Å². The van der Waals surface area contributed by atoms with Gasteiger partial charge in [0.2, 0.25) is 0 Å². The Bertz CT molecular complexity index is 177. The Hall–Kier alpha value is -1.06. The van der Waals surface area contributed by atoms with Gasteiger partial charge in [0.15, 0.2) is 0 Å². The first-order valence-corrected chi connectivity index (χ1v) is 3.88. The third-order valence-corrected chi connectivity index (χ3v) is 1.20. The maximum Gasteiger partial charge on any atom is 0.329 e. The van der Waals surface area contributed by atoms with Crippen LogP contribution in [0.3, 0.4) is 0 Å². The van der Waals surface area contributed by atoms with E-state index in [0.717, 1.165) is 5.06 Å². The Balaban J connectivity index is 3.85. The van der Waals surface area contributed by atoms with E-state index in [-0.39, 0.29) is 11.8 Å². The molecule has 4 nitrogen and oxygen atoms in total. The van der Waals surface area contributed by atoms with E-state index in [1.165, 1.54) is 14.0 Å². The van der Waals surface area contributed by atoms with Gasteiger partial charge in [0.05, 0.1) is 0 Å². The molecule has 12 heavy (non-hydrogen) atoms. The fraction of sp³-hybridized carbons (Fsp3) is 0.750. The van der Waals surface area contributed by atoms with Crippen LogP contribution in [-0.2, 0) is 14.4 Å². The highest BCUT2D eigenvalue weighted by molar-refractivity contribution is 5.77. The van der Waals surface area contributed by atoms with Gasteiger partial charge in [0, 0.05) is 20.4 Å². The van der Waals surface area contributed by atoms with Gasteiger partial charge in [-0.05, 0) is 5.92 Å². The zero-order valence-electron chi connectivity index (χ0n) is 7.96. The van der Waals surface area contributed by atoms with Crippen LogP contribution in [0.5, 0.6) is 0 Å². The first-order chi connectivity index (χ1) is 5.43. The van der Waals surface area contributed by atoms with Gasteiger partial charge in [-0.2, -0.15) is 5.06 Å². The van der Waals surface area contributed by atoms with Gasteiger partial charge in [0.25, 0.3) is 5.91 Å². The summed E-state index contributed by atoms with van der Waals surface area (Å²) in [5.41, 5.74) is 0. The number of hydrogen-bond acceptors (Lipinski definition) is 3. The van der Waals surface area contributed by atoms with Crippen molar-refractivity contribution < 1.29 is 14.4 Å². The third-order valence-electron chi connectivity index (χ3n) is 1.20. The number of hydrogen-bond donors (Lipinski definition) is 0. The summed E-state index contributed by atoms with van der Waals surface area (Å²) in [4.78, 5) is 26.1. The van der Waals surface area contributed by atoms with Crippen molar-refractivity contribution >= 4 is 11.9 Å². The van der Waals surface area contributed by atoms with E-state index in [4.69, 9.17) is 0 Å². The molecule has 0 saturated heterocycles. The minimum Gasteiger partial charge on any atom is -0.339 e. The van der Waals surface area contributed by atoms with Gasteiger partial charge in [-0.25, -0.2) is 0 Å². The van der Waals surface area contributed by atoms with Crippen LogP contribution < -0.4 is 0 Å². The van der Waals surface area contributed by atoms with E-state index < -0.39 is 5.97 Å². The van der Waals surface area contributed by atoms with Crippen LogP contribution in [0.2, 0.25) is 0 Å². The minimum atomic E-state index is -0.477. The van der Waals surface area contributed by atoms with Crippen LogP contribution in [0.4, 0.5) is 0 Å². The van der Waals surface area contributed by atoms with Crippen molar-refractivity contribution in [1.82, 2.24) is 5.06 Å². The predicted octanol–water partition coefficient (Wildman–Crippen LogP) is 0.969. The van der Waals surface area contributed by atoms with Gasteiger partial charge < -0.3 is 4.84 Å². The number of amides is 1. The largest absolute Gasteiger partial charge is 0.339 e. The second-order valence-electron chi connectivity index (χ2n) is 3.07. The highest BCUT2D eigenvalue weighted by atomic mass is 16.7. The maximum absolute atomic E-state index is 11.1. The second kappa shape index (κ2) is 4.74. The lowest BCUT2D eigenvalue weighted by Crippen LogP contribution is -2.29. The molecular weight excluding hydrogens is 158 g/mol. The Morgan fingerprint density at radius 1 is 1.42 bits per heavy atom. The first kappa shape index (κ1) is 10.9. The predicted molar refractivity (Wildman–Crippen MR) is 44.0 cm³/mol. The minimum absolute atomic E-state index is 0.180. The smallest absolute Gasteiger partial charge is 0.329 e. The molecule has 0 aliphatic heterocycles. The fourth-order valence-electron chi connectivity index (χ4n) is 0.722. The Labute approximate surface area is 72.4 Å². The molecule has 70 valence electrons. The molecule has 0 unspecified atom stereocenters. The Kier molecular flexibility index (Phi) is 4.33. The summed E-state index contributed by atoms with van der Waals surface area (Å²) in [5, 5.41) is 0.975. The molecule has 0 aromatic carbocycles. The van der Waals surface area contributed by atoms with Crippen molar-refractivity contribution in [3.63, 3.8) is 0 Å². The lowest BCUT2D eigenvalue weighted by Gasteiger charge is -2.15. The van der Waals surface area contributed by atoms with E-state index in [2.05, 4.69) is 4.84 Å². The Morgan fingerprint density at radius 2 is 1.92 bits per heavy atom. The molecule has 0 aliphatic rings. The molecular formula is C8H15NO3. The lowest BCUT2D eigenvalue weighted by molar-refractivity contribution is -0.191. The standard InChI is InChI=1S/C8H15NO3/c1-6(2)5-8(11)9(4)12-7(3)10/h6H,5H2,1-4H3. The fourth-order valence-corrected chi connectivity index (χ4v) is 0.722. The number of carbonyl (C=O) groups excluding carboxylic acids is 2. The summed E-state index contributed by atoms with van der Waals surface area (Å²) in [5.74, 6) is -0.384. The van der Waals surface area contributed by atoms with Crippen molar-refractivity contribution in [3.8, 4) is 0 Å². The lowest BCUT2D eigenvalue weighted by atomic mass is 10.1. The highest BCUT2D eigenvalue weighted by Crippen LogP contribution is 2.02. The van der Waals surface area contributed by atoms with Crippen molar-refractivity contribution in [2.75, 3.05) is 7.05 Å². The average Bonchev–Trinajstić information content (AvgIpc) is 1.84. The van der Waals surface area contributed by atoms with Crippen LogP contribution >= 0.6 is 0 Å². The van der Waals surface area contributed by atoms with Crippen molar-refractivity contribution in [2.24, 2.45) is 5.92 Å². The van der Waals surface area contributed by atoms with E-state index in [1.807, 2.05) is 13.8 Å². The SMILES string of the molecule is CC(=O)ON(C)C(=O)CC(C)C. The molecule has 0 bridgehead atoms. The summed E-state index contributed by atoms with van der Waals surface area (Å²) in [6, 6.07) is 0. The van der Waals surface area contributed by atoms with Crippen LogP contribution in [0.15, 0.2) is 0 Å². The van der Waals surface area contributed by atoms with Crippen LogP contribution in [0.1, 0.15) is 27.2 Å². The van der Waals surface area contributed by atoms with E-state index in [0.29, 0.717) is 6.42 Å². The van der Waals surface area contributed by atoms with Crippen LogP contribution in [0.25, 0.3) is 0 Å². The summed E-state index contributed by atoms with van der Waals surface area (Å²) in [6.07, 6.45) is 0.393. The summed E-state index contributed by atoms with van der Waals surface area (Å²) < 4.78 is 0. The zero-order valence-corrected chi connectivity index (χ0v) is 7.96. The van der Waals surface area contributed by atoms with Crippen LogP contribution in [-0.4, -0.2) is 24.0 Å². The van der Waals surface area contributed by atoms with Crippen molar-refractivity contribution in [1.29, 1.82) is 0 Å². The first-order valence-electron chi connectivity index (χ1n) is 3.88. The normalized spacial score (nSPS) is 9.75. The van der Waals surface area contributed by atoms with Gasteiger partial charge in [0.1, 0.15) is 0 Å². The highest BCUT2D eigenvalue weighted by Gasteiger charge is 2.12. The molecule has 0 rings (SSSR count). The number of rotatable bonds is 2. The molecule has 0 radical (unpaired) electrons. The molecule has 0 N–H and O–H groups in total. The second-order valence-corrected chi connectivity index (χ2v) is 3.07. The monoisotopic (exact) mass is 173 g/mol. The third kappa shape index (κ3) is 4.71. The number of carbonyl (C=O) groups is 2. The molecule has 0 heterocycles. The van der Waals surface area contributed by atoms with E-state index >= 15 is 0 Å². The topological polar surface area (TPSA) is 46.6 Å². The van der Waals surface area contributed by atoms with Gasteiger partial charge in [-0.15, -0.1) is 0 Å². The van der Waals surface area contributed by atoms with Crippen molar-refractivity contribution in [2.45, 2.75) is 27.2 Å². The van der Waals surface area contributed by atoms with Crippen molar-refractivity contribution in [3.05, 3.63) is 0 Å². The number of nitrogens with zero attached hydrogens (tertiary/aromatic N) is 1. The summed E-state index contributed by atoms with van der Waals surface area (Å²) >= 11 is 0. The van der Waals surface area contributed by atoms with Gasteiger partial charge >= 0.3 is 5.97 Å². The van der Waals surface area contributed by atoms with Gasteiger partial charge in [-0.3, -0.25) is 9.59 Å². The molecule has 0 atom stereocenters. The molecule has 0 aliphatic carbocycles. The molecule has 0 saturated carbocycles. The van der Waals surface area contributed by atoms with E-state index in [9.17, 15) is 9.59 Å². The average molecular weight is 173 g/mol. The molecule has 0 aromatic heterocycles.